The lowest BCUT2D eigenvalue weighted by Gasteiger charge is -2.27. The predicted octanol–water partition coefficient (Wildman–Crippen LogP) is 2.61. The Hall–Kier alpha value is -2.44. The van der Waals surface area contributed by atoms with Gasteiger partial charge in [0.1, 0.15) is 6.10 Å². The van der Waals surface area contributed by atoms with Crippen LogP contribution in [-0.4, -0.2) is 32.2 Å². The molecule has 1 atom stereocenters. The lowest BCUT2D eigenvalue weighted by molar-refractivity contribution is -0.132. The van der Waals surface area contributed by atoms with Crippen molar-refractivity contribution in [3.63, 3.8) is 0 Å². The highest BCUT2D eigenvalue weighted by molar-refractivity contribution is 7.08. The number of aliphatic hydroxyl groups excluding tert-OH is 1. The van der Waals surface area contributed by atoms with Crippen LogP contribution in [0.5, 0.6) is 0 Å². The zero-order chi connectivity index (χ0) is 17.2. The first kappa shape index (κ1) is 16.1. The molecule has 0 saturated carbocycles. The van der Waals surface area contributed by atoms with Crippen molar-refractivity contribution in [3.05, 3.63) is 75.7 Å². The van der Waals surface area contributed by atoms with E-state index in [-0.39, 0.29) is 5.91 Å². The number of carbonyl (C=O) groups is 1. The van der Waals surface area contributed by atoms with Gasteiger partial charge in [0.25, 0.3) is 0 Å². The normalized spacial score (nSPS) is 15.0. The van der Waals surface area contributed by atoms with Gasteiger partial charge in [-0.1, -0.05) is 30.3 Å². The van der Waals surface area contributed by atoms with Gasteiger partial charge in [-0.05, 0) is 34.0 Å². The minimum atomic E-state index is -0.741. The lowest BCUT2D eigenvalue weighted by Crippen LogP contribution is -2.39. The summed E-state index contributed by atoms with van der Waals surface area (Å²) in [4.78, 5) is 14.4. The summed E-state index contributed by atoms with van der Waals surface area (Å²) in [6.07, 6.45) is -0.300. The van der Waals surface area contributed by atoms with E-state index in [1.165, 1.54) is 0 Å². The molecule has 25 heavy (non-hydrogen) atoms. The molecular weight excluding hydrogens is 334 g/mol. The van der Waals surface area contributed by atoms with E-state index in [0.29, 0.717) is 31.7 Å². The van der Waals surface area contributed by atoms with E-state index in [9.17, 15) is 9.90 Å². The van der Waals surface area contributed by atoms with Gasteiger partial charge < -0.3 is 10.0 Å². The van der Waals surface area contributed by atoms with Crippen molar-refractivity contribution < 1.29 is 9.90 Å². The van der Waals surface area contributed by atoms with Crippen LogP contribution >= 0.6 is 11.3 Å². The van der Waals surface area contributed by atoms with Crippen molar-refractivity contribution in [1.82, 2.24) is 14.7 Å². The second-order valence-corrected chi connectivity index (χ2v) is 7.00. The Morgan fingerprint density at radius 3 is 2.84 bits per heavy atom. The zero-order valence-electron chi connectivity index (χ0n) is 13.7. The first-order valence-electron chi connectivity index (χ1n) is 8.29. The number of hydrogen-bond acceptors (Lipinski definition) is 4. The number of aromatic nitrogens is 2. The van der Waals surface area contributed by atoms with Crippen LogP contribution in [0, 0.1) is 0 Å². The molecule has 0 spiro atoms. The molecule has 4 rings (SSSR count). The van der Waals surface area contributed by atoms with Crippen LogP contribution in [0.25, 0.3) is 0 Å². The lowest BCUT2D eigenvalue weighted by atomic mass is 10.1. The number of thiophene rings is 1. The van der Waals surface area contributed by atoms with Gasteiger partial charge in [0.05, 0.1) is 30.9 Å². The van der Waals surface area contributed by atoms with Gasteiger partial charge in [0, 0.05) is 6.54 Å². The minimum absolute atomic E-state index is 0.135. The first-order chi connectivity index (χ1) is 12.2. The van der Waals surface area contributed by atoms with E-state index >= 15 is 0 Å². The number of fused-ring (bicyclic) bond motifs is 1. The quantitative estimate of drug-likeness (QED) is 0.784. The average molecular weight is 353 g/mol. The van der Waals surface area contributed by atoms with Gasteiger partial charge >= 0.3 is 0 Å². The first-order valence-corrected chi connectivity index (χ1v) is 9.23. The second kappa shape index (κ2) is 6.82. The molecule has 3 heterocycles. The SMILES string of the molecule is O=C(Cc1ccsc1)N1CCn2nc(C(O)c3ccccc3)cc2C1. The maximum Gasteiger partial charge on any atom is 0.227 e. The molecule has 1 aliphatic rings. The van der Waals surface area contributed by atoms with E-state index in [0.717, 1.165) is 16.8 Å². The van der Waals surface area contributed by atoms with E-state index in [4.69, 9.17) is 0 Å². The van der Waals surface area contributed by atoms with Crippen molar-refractivity contribution in [2.75, 3.05) is 6.54 Å². The molecule has 1 aliphatic heterocycles. The zero-order valence-corrected chi connectivity index (χ0v) is 14.5. The van der Waals surface area contributed by atoms with Crippen molar-refractivity contribution in [1.29, 1.82) is 0 Å². The fraction of sp³-hybridized carbons (Fsp3) is 0.263. The third-order valence-corrected chi connectivity index (χ3v) is 5.23. The van der Waals surface area contributed by atoms with Crippen molar-refractivity contribution in [2.45, 2.75) is 25.6 Å². The fourth-order valence-electron chi connectivity index (χ4n) is 3.12. The molecule has 1 aromatic carbocycles. The van der Waals surface area contributed by atoms with E-state index in [2.05, 4.69) is 5.10 Å². The van der Waals surface area contributed by atoms with Crippen LogP contribution in [-0.2, 0) is 24.3 Å². The summed E-state index contributed by atoms with van der Waals surface area (Å²) in [6, 6.07) is 13.4. The molecule has 1 N–H and O–H groups in total. The van der Waals surface area contributed by atoms with Gasteiger partial charge in [0.2, 0.25) is 5.91 Å². The Kier molecular flexibility index (Phi) is 4.38. The van der Waals surface area contributed by atoms with Gasteiger partial charge in [-0.2, -0.15) is 16.4 Å². The second-order valence-electron chi connectivity index (χ2n) is 6.22. The van der Waals surface area contributed by atoms with E-state index < -0.39 is 6.10 Å². The third kappa shape index (κ3) is 3.36. The van der Waals surface area contributed by atoms with Crippen molar-refractivity contribution in [3.8, 4) is 0 Å². The van der Waals surface area contributed by atoms with Crippen LogP contribution in [0.2, 0.25) is 0 Å². The molecule has 3 aromatic rings. The van der Waals surface area contributed by atoms with Crippen LogP contribution < -0.4 is 0 Å². The Morgan fingerprint density at radius 2 is 2.08 bits per heavy atom. The average Bonchev–Trinajstić information content (AvgIpc) is 3.30. The fourth-order valence-corrected chi connectivity index (χ4v) is 3.79. The number of nitrogens with zero attached hydrogens (tertiary/aromatic N) is 3. The molecule has 5 nitrogen and oxygen atoms in total. The van der Waals surface area contributed by atoms with Crippen molar-refractivity contribution in [2.24, 2.45) is 0 Å². The third-order valence-electron chi connectivity index (χ3n) is 4.50. The Morgan fingerprint density at radius 1 is 1.24 bits per heavy atom. The molecule has 0 aliphatic carbocycles. The molecule has 2 aromatic heterocycles. The maximum atomic E-state index is 12.5. The summed E-state index contributed by atoms with van der Waals surface area (Å²) in [5.74, 6) is 0.135. The number of carbonyl (C=O) groups excluding carboxylic acids is 1. The molecule has 1 amide bonds. The highest BCUT2D eigenvalue weighted by Crippen LogP contribution is 2.24. The highest BCUT2D eigenvalue weighted by atomic mass is 32.1. The summed E-state index contributed by atoms with van der Waals surface area (Å²) in [6.45, 7) is 1.85. The highest BCUT2D eigenvalue weighted by Gasteiger charge is 2.24. The van der Waals surface area contributed by atoms with Gasteiger partial charge in [-0.3, -0.25) is 9.48 Å². The largest absolute Gasteiger partial charge is 0.382 e. The number of aliphatic hydroxyl groups is 1. The van der Waals surface area contributed by atoms with E-state index in [1.807, 2.05) is 62.8 Å². The molecular formula is C19H19N3O2S. The van der Waals surface area contributed by atoms with Crippen LogP contribution in [0.3, 0.4) is 0 Å². The molecule has 0 saturated heterocycles. The summed E-state index contributed by atoms with van der Waals surface area (Å²) >= 11 is 1.61. The van der Waals surface area contributed by atoms with Gasteiger partial charge in [-0.25, -0.2) is 0 Å². The Bertz CT molecular complexity index is 858. The van der Waals surface area contributed by atoms with Crippen LogP contribution in [0.15, 0.2) is 53.2 Å². The Labute approximate surface area is 150 Å². The van der Waals surface area contributed by atoms with Crippen molar-refractivity contribution >= 4 is 17.2 Å². The summed E-state index contributed by atoms with van der Waals surface area (Å²) in [5.41, 5.74) is 3.49. The summed E-state index contributed by atoms with van der Waals surface area (Å²) in [5, 5.41) is 19.1. The molecule has 128 valence electrons. The smallest absolute Gasteiger partial charge is 0.227 e. The van der Waals surface area contributed by atoms with Gasteiger partial charge in [-0.15, -0.1) is 0 Å². The predicted molar refractivity (Wildman–Crippen MR) is 96.2 cm³/mol. The topological polar surface area (TPSA) is 58.4 Å². The maximum absolute atomic E-state index is 12.5. The molecule has 0 bridgehead atoms. The monoisotopic (exact) mass is 353 g/mol. The molecule has 0 fully saturated rings. The molecule has 6 heteroatoms. The number of amides is 1. The molecule has 1 unspecified atom stereocenters. The Balaban J connectivity index is 1.48. The number of rotatable bonds is 4. The number of hydrogen-bond donors (Lipinski definition) is 1. The van der Waals surface area contributed by atoms with Gasteiger partial charge in [0.15, 0.2) is 0 Å². The molecule has 0 radical (unpaired) electrons. The van der Waals surface area contributed by atoms with E-state index in [1.54, 1.807) is 11.3 Å². The van der Waals surface area contributed by atoms with Crippen LogP contribution in [0.4, 0.5) is 0 Å². The summed E-state index contributed by atoms with van der Waals surface area (Å²) < 4.78 is 1.90. The number of benzene rings is 1. The standard InChI is InChI=1S/C19H19N3O2S/c23-18(10-14-6-9-25-13-14)21-7-8-22-16(12-21)11-17(20-22)19(24)15-4-2-1-3-5-15/h1-6,9,11,13,19,24H,7-8,10,12H2. The van der Waals surface area contributed by atoms with Crippen LogP contribution in [0.1, 0.15) is 28.6 Å². The summed E-state index contributed by atoms with van der Waals surface area (Å²) in [7, 11) is 0. The minimum Gasteiger partial charge on any atom is -0.382 e.